The van der Waals surface area contributed by atoms with E-state index in [9.17, 15) is 0 Å². The highest BCUT2D eigenvalue weighted by atomic mass is 35.5. The molecule has 0 fully saturated rings. The molecule has 25 heavy (non-hydrogen) atoms. The molecule has 152 valence electrons. The standard InChI is InChI=1S/C21H43N2.2ClH/c1-6-14-21(22-16-7-2)15-12-11-13-20-23(17-8-3,18-9-4)19-10-5;;/h6-7,21-22H,1-2,8-20H2,3-5H3;2*1H/q+1;;/p-1. The fourth-order valence-corrected chi connectivity index (χ4v) is 3.96. The Bertz CT molecular complexity index is 279. The van der Waals surface area contributed by atoms with E-state index in [0.29, 0.717) is 6.04 Å². The first-order chi connectivity index (χ1) is 11.2. The van der Waals surface area contributed by atoms with E-state index in [4.69, 9.17) is 0 Å². The summed E-state index contributed by atoms with van der Waals surface area (Å²) in [5.74, 6) is 0. The number of quaternary nitrogens is 2. The predicted molar refractivity (Wildman–Crippen MR) is 105 cm³/mol. The molecule has 0 saturated heterocycles. The summed E-state index contributed by atoms with van der Waals surface area (Å²) in [5.41, 5.74) is 0. The van der Waals surface area contributed by atoms with Gasteiger partial charge in [-0.05, 0) is 51.0 Å². The van der Waals surface area contributed by atoms with Gasteiger partial charge in [-0.15, -0.1) is 6.58 Å². The smallest absolute Gasteiger partial charge is 0.0941 e. The van der Waals surface area contributed by atoms with Crippen molar-refractivity contribution >= 4 is 0 Å². The van der Waals surface area contributed by atoms with Crippen molar-refractivity contribution in [3.8, 4) is 0 Å². The minimum absolute atomic E-state index is 0. The van der Waals surface area contributed by atoms with Gasteiger partial charge in [0.15, 0.2) is 0 Å². The van der Waals surface area contributed by atoms with Crippen LogP contribution in [0, 0.1) is 0 Å². The zero-order valence-electron chi connectivity index (χ0n) is 17.1. The first-order valence-electron chi connectivity index (χ1n) is 10.1. The van der Waals surface area contributed by atoms with E-state index in [1.807, 2.05) is 6.08 Å². The van der Waals surface area contributed by atoms with Gasteiger partial charge in [-0.3, -0.25) is 0 Å². The molecule has 0 bridgehead atoms. The van der Waals surface area contributed by atoms with Crippen molar-refractivity contribution in [3.63, 3.8) is 0 Å². The summed E-state index contributed by atoms with van der Waals surface area (Å²) >= 11 is 0. The van der Waals surface area contributed by atoms with Gasteiger partial charge >= 0.3 is 0 Å². The lowest BCUT2D eigenvalue weighted by atomic mass is 10.0. The van der Waals surface area contributed by atoms with E-state index < -0.39 is 0 Å². The molecule has 2 N–H and O–H groups in total. The Kier molecular flexibility index (Phi) is 24.1. The topological polar surface area (TPSA) is 16.6 Å². The number of nitrogens with zero attached hydrogens (tertiary/aromatic N) is 1. The van der Waals surface area contributed by atoms with Crippen molar-refractivity contribution in [2.75, 3.05) is 32.7 Å². The molecule has 0 heterocycles. The van der Waals surface area contributed by atoms with Gasteiger partial charge in [0.1, 0.15) is 0 Å². The Hall–Kier alpha value is -0.0200. The Morgan fingerprint density at radius 3 is 1.80 bits per heavy atom. The molecular formula is C21H44Cl2N2. The molecule has 0 aromatic rings. The lowest BCUT2D eigenvalue weighted by Crippen LogP contribution is -3.00. The predicted octanol–water partition coefficient (Wildman–Crippen LogP) is -1.70. The van der Waals surface area contributed by atoms with Gasteiger partial charge in [0, 0.05) is 6.42 Å². The Labute approximate surface area is 170 Å². The second kappa shape index (κ2) is 20.3. The molecule has 0 aliphatic rings. The van der Waals surface area contributed by atoms with Gasteiger partial charge in [0.2, 0.25) is 0 Å². The van der Waals surface area contributed by atoms with Gasteiger partial charge in [-0.1, -0.05) is 33.4 Å². The molecule has 0 amide bonds. The van der Waals surface area contributed by atoms with Gasteiger partial charge in [-0.2, -0.15) is 0 Å². The van der Waals surface area contributed by atoms with Crippen molar-refractivity contribution in [2.45, 2.75) is 78.2 Å². The molecule has 2 nitrogen and oxygen atoms in total. The second-order valence-corrected chi connectivity index (χ2v) is 7.13. The maximum atomic E-state index is 3.90. The largest absolute Gasteiger partial charge is 1.00 e. The lowest BCUT2D eigenvalue weighted by molar-refractivity contribution is -0.928. The first kappa shape index (κ1) is 29.7. The number of hydrogen-bond donors (Lipinski definition) is 1. The highest BCUT2D eigenvalue weighted by Gasteiger charge is 2.23. The lowest BCUT2D eigenvalue weighted by Gasteiger charge is -2.38. The molecule has 1 unspecified atom stereocenters. The minimum Gasteiger partial charge on any atom is -1.00 e. The Morgan fingerprint density at radius 1 is 0.800 bits per heavy atom. The maximum absolute atomic E-state index is 3.90. The van der Waals surface area contributed by atoms with Crippen LogP contribution in [0.4, 0.5) is 0 Å². The van der Waals surface area contributed by atoms with Crippen LogP contribution < -0.4 is 30.1 Å². The minimum atomic E-state index is 0. The van der Waals surface area contributed by atoms with Crippen LogP contribution in [0.2, 0.25) is 0 Å². The molecule has 4 heteroatoms. The van der Waals surface area contributed by atoms with E-state index in [1.165, 1.54) is 75.6 Å². The van der Waals surface area contributed by atoms with Crippen molar-refractivity contribution < 1.29 is 34.6 Å². The van der Waals surface area contributed by atoms with Crippen LogP contribution in [-0.2, 0) is 0 Å². The maximum Gasteiger partial charge on any atom is 0.0941 e. The van der Waals surface area contributed by atoms with Crippen LogP contribution in [0.3, 0.4) is 0 Å². The second-order valence-electron chi connectivity index (χ2n) is 7.13. The monoisotopic (exact) mass is 394 g/mol. The van der Waals surface area contributed by atoms with E-state index in [-0.39, 0.29) is 24.8 Å². The number of hydrogen-bond acceptors (Lipinski definition) is 0. The van der Waals surface area contributed by atoms with Crippen molar-refractivity contribution in [1.82, 2.24) is 0 Å². The molecule has 1 atom stereocenters. The molecule has 0 aromatic heterocycles. The zero-order chi connectivity index (χ0) is 17.4. The Morgan fingerprint density at radius 2 is 1.36 bits per heavy atom. The third-order valence-electron chi connectivity index (χ3n) is 4.91. The third-order valence-corrected chi connectivity index (χ3v) is 4.91. The number of unbranched alkanes of at least 4 members (excludes halogenated alkanes) is 2. The Balaban J connectivity index is -0.00000242. The quantitative estimate of drug-likeness (QED) is 0.172. The van der Waals surface area contributed by atoms with Crippen LogP contribution in [0.1, 0.15) is 72.1 Å². The normalized spacial score (nSPS) is 12.0. The number of halogens is 2. The third kappa shape index (κ3) is 14.8. The van der Waals surface area contributed by atoms with E-state index in [2.05, 4.69) is 45.3 Å². The van der Waals surface area contributed by atoms with Crippen molar-refractivity contribution in [2.24, 2.45) is 0 Å². The fraction of sp³-hybridized carbons (Fsp3) is 0.810. The molecule has 0 saturated carbocycles. The van der Waals surface area contributed by atoms with Crippen LogP contribution in [0.25, 0.3) is 0 Å². The summed E-state index contributed by atoms with van der Waals surface area (Å²) in [5, 5.41) is 2.42. The molecular weight excluding hydrogens is 351 g/mol. The van der Waals surface area contributed by atoms with Gasteiger partial charge in [0.25, 0.3) is 0 Å². The van der Waals surface area contributed by atoms with Crippen LogP contribution in [-0.4, -0.2) is 43.2 Å². The summed E-state index contributed by atoms with van der Waals surface area (Å²) in [4.78, 5) is 0. The molecule has 0 radical (unpaired) electrons. The van der Waals surface area contributed by atoms with E-state index in [0.717, 1.165) is 13.0 Å². The van der Waals surface area contributed by atoms with E-state index >= 15 is 0 Å². The van der Waals surface area contributed by atoms with E-state index in [1.54, 1.807) is 0 Å². The molecule has 0 rings (SSSR count). The summed E-state index contributed by atoms with van der Waals surface area (Å²) in [6.45, 7) is 21.3. The first-order valence-corrected chi connectivity index (χ1v) is 10.1. The fourth-order valence-electron chi connectivity index (χ4n) is 3.96. The van der Waals surface area contributed by atoms with Crippen LogP contribution >= 0.6 is 0 Å². The van der Waals surface area contributed by atoms with Gasteiger partial charge in [0.05, 0.1) is 38.8 Å². The summed E-state index contributed by atoms with van der Waals surface area (Å²) in [6.07, 6.45) is 14.6. The molecule has 0 aromatic carbocycles. The van der Waals surface area contributed by atoms with Crippen LogP contribution in [0.15, 0.2) is 25.3 Å². The number of rotatable bonds is 17. The summed E-state index contributed by atoms with van der Waals surface area (Å²) in [6, 6.07) is 0.701. The SMILES string of the molecule is C=CC[NH2+]C(CC=C)CCCCC[N+](CCC)(CCC)CCC.[Cl-].[Cl-]. The number of nitrogens with two attached hydrogens (primary N) is 1. The summed E-state index contributed by atoms with van der Waals surface area (Å²) in [7, 11) is 0. The average molecular weight is 396 g/mol. The van der Waals surface area contributed by atoms with Crippen molar-refractivity contribution in [1.29, 1.82) is 0 Å². The van der Waals surface area contributed by atoms with Crippen molar-refractivity contribution in [3.05, 3.63) is 25.3 Å². The average Bonchev–Trinajstić information content (AvgIpc) is 2.53. The highest BCUT2D eigenvalue weighted by molar-refractivity contribution is 4.73. The molecule has 0 spiro atoms. The van der Waals surface area contributed by atoms with Gasteiger partial charge in [-0.25, -0.2) is 0 Å². The molecule has 0 aliphatic heterocycles. The molecule has 0 aliphatic carbocycles. The summed E-state index contributed by atoms with van der Waals surface area (Å²) < 4.78 is 1.36. The highest BCUT2D eigenvalue weighted by Crippen LogP contribution is 2.15. The van der Waals surface area contributed by atoms with Crippen LogP contribution in [0.5, 0.6) is 0 Å². The van der Waals surface area contributed by atoms with Gasteiger partial charge < -0.3 is 34.6 Å². The zero-order valence-corrected chi connectivity index (χ0v) is 18.6.